The quantitative estimate of drug-likeness (QED) is 0.774. The topological polar surface area (TPSA) is 67.8 Å². The summed E-state index contributed by atoms with van der Waals surface area (Å²) in [5, 5.41) is 12.0. The number of phenolic OH excluding ortho intramolecular Hbond substituents is 1. The van der Waals surface area contributed by atoms with E-state index in [0.29, 0.717) is 11.3 Å². The Morgan fingerprint density at radius 3 is 2.47 bits per heavy atom. The summed E-state index contributed by atoms with van der Waals surface area (Å²) in [6.07, 6.45) is 0. The Morgan fingerprint density at radius 1 is 1.33 bits per heavy atom. The second-order valence-electron chi connectivity index (χ2n) is 2.81. The first-order valence-corrected chi connectivity index (χ1v) is 4.31. The second-order valence-corrected chi connectivity index (χ2v) is 2.81. The van der Waals surface area contributed by atoms with Crippen LogP contribution in [0.4, 0.5) is 0 Å². The molecule has 0 aliphatic carbocycles. The van der Waals surface area contributed by atoms with Crippen LogP contribution in [-0.4, -0.2) is 32.3 Å². The number of amides is 1. The summed E-state index contributed by atoms with van der Waals surface area (Å²) < 4.78 is 9.92. The summed E-state index contributed by atoms with van der Waals surface area (Å²) in [6.45, 7) is 0. The van der Waals surface area contributed by atoms with Gasteiger partial charge in [0.2, 0.25) is 5.75 Å². The van der Waals surface area contributed by atoms with Crippen LogP contribution in [0.3, 0.4) is 0 Å². The zero-order chi connectivity index (χ0) is 11.4. The lowest BCUT2D eigenvalue weighted by Gasteiger charge is -2.10. The Hall–Kier alpha value is -1.91. The van der Waals surface area contributed by atoms with Crippen LogP contribution in [0.1, 0.15) is 10.4 Å². The molecule has 1 aromatic carbocycles. The maximum atomic E-state index is 11.3. The van der Waals surface area contributed by atoms with E-state index in [1.54, 1.807) is 0 Å². The summed E-state index contributed by atoms with van der Waals surface area (Å²) in [5.74, 6) is 0.1000. The van der Waals surface area contributed by atoms with E-state index < -0.39 is 0 Å². The van der Waals surface area contributed by atoms with E-state index in [-0.39, 0.29) is 17.4 Å². The van der Waals surface area contributed by atoms with Crippen LogP contribution in [0, 0.1) is 0 Å². The zero-order valence-corrected chi connectivity index (χ0v) is 8.83. The average molecular weight is 211 g/mol. The minimum Gasteiger partial charge on any atom is -0.504 e. The Morgan fingerprint density at radius 2 is 2.00 bits per heavy atom. The Bertz CT molecular complexity index is 376. The molecule has 15 heavy (non-hydrogen) atoms. The van der Waals surface area contributed by atoms with Crippen molar-refractivity contribution in [2.45, 2.75) is 0 Å². The number of nitrogens with one attached hydrogen (secondary N) is 1. The minimum absolute atomic E-state index is 0.129. The summed E-state index contributed by atoms with van der Waals surface area (Å²) in [6, 6.07) is 2.82. The van der Waals surface area contributed by atoms with Gasteiger partial charge in [0.15, 0.2) is 11.5 Å². The van der Waals surface area contributed by atoms with Gasteiger partial charge in [-0.3, -0.25) is 4.79 Å². The number of carbonyl (C=O) groups is 1. The first kappa shape index (κ1) is 11.2. The van der Waals surface area contributed by atoms with Crippen LogP contribution in [0.25, 0.3) is 0 Å². The van der Waals surface area contributed by atoms with Gasteiger partial charge in [0.25, 0.3) is 5.91 Å². The molecule has 0 bridgehead atoms. The predicted molar refractivity (Wildman–Crippen MR) is 54.6 cm³/mol. The van der Waals surface area contributed by atoms with Gasteiger partial charge < -0.3 is 19.9 Å². The van der Waals surface area contributed by atoms with Crippen molar-refractivity contribution in [3.63, 3.8) is 0 Å². The predicted octanol–water partition coefficient (Wildman–Crippen LogP) is 0.769. The van der Waals surface area contributed by atoms with Gasteiger partial charge in [-0.15, -0.1) is 0 Å². The monoisotopic (exact) mass is 211 g/mol. The van der Waals surface area contributed by atoms with Crippen LogP contribution in [0.5, 0.6) is 17.2 Å². The molecule has 0 unspecified atom stereocenters. The number of rotatable bonds is 3. The van der Waals surface area contributed by atoms with Gasteiger partial charge >= 0.3 is 0 Å². The molecule has 1 rings (SSSR count). The summed E-state index contributed by atoms with van der Waals surface area (Å²) in [4.78, 5) is 11.3. The van der Waals surface area contributed by atoms with Crippen molar-refractivity contribution in [3.8, 4) is 17.2 Å². The van der Waals surface area contributed by atoms with Crippen LogP contribution in [0.15, 0.2) is 12.1 Å². The molecule has 2 N–H and O–H groups in total. The molecule has 0 aromatic heterocycles. The molecule has 0 saturated heterocycles. The van der Waals surface area contributed by atoms with Crippen molar-refractivity contribution in [2.24, 2.45) is 0 Å². The zero-order valence-electron chi connectivity index (χ0n) is 8.83. The number of hydrogen-bond donors (Lipinski definition) is 2. The van der Waals surface area contributed by atoms with Crippen molar-refractivity contribution in [1.82, 2.24) is 5.32 Å². The van der Waals surface area contributed by atoms with E-state index >= 15 is 0 Å². The van der Waals surface area contributed by atoms with E-state index in [0.717, 1.165) is 0 Å². The third kappa shape index (κ3) is 2.12. The molecule has 0 atom stereocenters. The smallest absolute Gasteiger partial charge is 0.251 e. The van der Waals surface area contributed by atoms with E-state index in [2.05, 4.69) is 5.32 Å². The van der Waals surface area contributed by atoms with Gasteiger partial charge in [0, 0.05) is 12.6 Å². The van der Waals surface area contributed by atoms with Crippen LogP contribution in [0.2, 0.25) is 0 Å². The van der Waals surface area contributed by atoms with Crippen LogP contribution >= 0.6 is 0 Å². The van der Waals surface area contributed by atoms with Crippen molar-refractivity contribution >= 4 is 5.91 Å². The molecule has 5 nitrogen and oxygen atoms in total. The van der Waals surface area contributed by atoms with E-state index in [9.17, 15) is 9.90 Å². The van der Waals surface area contributed by atoms with Crippen LogP contribution < -0.4 is 14.8 Å². The summed E-state index contributed by atoms with van der Waals surface area (Å²) >= 11 is 0. The fraction of sp³-hybridized carbons (Fsp3) is 0.300. The molecule has 0 fully saturated rings. The Kier molecular flexibility index (Phi) is 3.38. The first-order valence-electron chi connectivity index (χ1n) is 4.31. The normalized spacial score (nSPS) is 9.53. The SMILES string of the molecule is CNC(=O)c1cc(O)c(OC)c(OC)c1. The molecular weight excluding hydrogens is 198 g/mol. The fourth-order valence-electron chi connectivity index (χ4n) is 1.22. The molecule has 5 heteroatoms. The molecule has 1 aromatic rings. The number of benzene rings is 1. The lowest BCUT2D eigenvalue weighted by molar-refractivity contribution is 0.0962. The van der Waals surface area contributed by atoms with Crippen molar-refractivity contribution < 1.29 is 19.4 Å². The molecule has 1 amide bonds. The second kappa shape index (κ2) is 4.54. The lowest BCUT2D eigenvalue weighted by Crippen LogP contribution is -2.17. The van der Waals surface area contributed by atoms with Gasteiger partial charge in [-0.25, -0.2) is 0 Å². The van der Waals surface area contributed by atoms with Gasteiger partial charge in [-0.05, 0) is 12.1 Å². The highest BCUT2D eigenvalue weighted by molar-refractivity contribution is 5.95. The molecular formula is C10H13NO4. The molecule has 0 radical (unpaired) electrons. The fourth-order valence-corrected chi connectivity index (χ4v) is 1.22. The van der Waals surface area contributed by atoms with Crippen molar-refractivity contribution in [2.75, 3.05) is 21.3 Å². The molecule has 0 saturated carbocycles. The molecule has 0 heterocycles. The maximum Gasteiger partial charge on any atom is 0.251 e. The highest BCUT2D eigenvalue weighted by Gasteiger charge is 2.14. The van der Waals surface area contributed by atoms with Crippen molar-refractivity contribution in [3.05, 3.63) is 17.7 Å². The standard InChI is InChI=1S/C10H13NO4/c1-11-10(13)6-4-7(12)9(15-3)8(5-6)14-2/h4-5,12H,1-3H3,(H,11,13). The minimum atomic E-state index is -0.300. The summed E-state index contributed by atoms with van der Waals surface area (Å²) in [7, 11) is 4.36. The number of carbonyl (C=O) groups excluding carboxylic acids is 1. The highest BCUT2D eigenvalue weighted by atomic mass is 16.5. The number of hydrogen-bond acceptors (Lipinski definition) is 4. The van der Waals surface area contributed by atoms with Crippen molar-refractivity contribution in [1.29, 1.82) is 0 Å². The van der Waals surface area contributed by atoms with E-state index in [1.165, 1.54) is 33.4 Å². The highest BCUT2D eigenvalue weighted by Crippen LogP contribution is 2.37. The number of ether oxygens (including phenoxy) is 2. The summed E-state index contributed by atoms with van der Waals surface area (Å²) in [5.41, 5.74) is 0.313. The number of aromatic hydroxyl groups is 1. The van der Waals surface area contributed by atoms with Crippen LogP contribution in [-0.2, 0) is 0 Å². The Labute approximate surface area is 87.6 Å². The number of phenols is 1. The average Bonchev–Trinajstić information content (AvgIpc) is 2.26. The third-order valence-corrected chi connectivity index (χ3v) is 1.95. The van der Waals surface area contributed by atoms with Gasteiger partial charge in [0.1, 0.15) is 0 Å². The molecule has 0 aliphatic rings. The molecule has 0 aliphatic heterocycles. The maximum absolute atomic E-state index is 11.3. The van der Waals surface area contributed by atoms with Gasteiger partial charge in [0.05, 0.1) is 14.2 Å². The third-order valence-electron chi connectivity index (χ3n) is 1.95. The lowest BCUT2D eigenvalue weighted by atomic mass is 10.1. The largest absolute Gasteiger partial charge is 0.504 e. The van der Waals surface area contributed by atoms with E-state index in [1.807, 2.05) is 0 Å². The Balaban J connectivity index is 3.25. The van der Waals surface area contributed by atoms with Gasteiger partial charge in [-0.1, -0.05) is 0 Å². The van der Waals surface area contributed by atoms with Gasteiger partial charge in [-0.2, -0.15) is 0 Å². The molecule has 0 spiro atoms. The first-order chi connectivity index (χ1) is 7.13. The number of methoxy groups -OCH3 is 2. The van der Waals surface area contributed by atoms with E-state index in [4.69, 9.17) is 9.47 Å². The molecule has 82 valence electrons.